The van der Waals surface area contributed by atoms with E-state index in [2.05, 4.69) is 5.32 Å². The second-order valence-electron chi connectivity index (χ2n) is 3.15. The van der Waals surface area contributed by atoms with Gasteiger partial charge in [0.15, 0.2) is 5.78 Å². The van der Waals surface area contributed by atoms with Gasteiger partial charge in [0.1, 0.15) is 5.82 Å². The van der Waals surface area contributed by atoms with Crippen LogP contribution < -0.4 is 5.32 Å². The van der Waals surface area contributed by atoms with Crippen LogP contribution >= 0.6 is 0 Å². The maximum Gasteiger partial charge on any atom is 0.419 e. The Bertz CT molecular complexity index is 400. The third-order valence-corrected chi connectivity index (χ3v) is 1.93. The van der Waals surface area contributed by atoms with Crippen molar-refractivity contribution in [1.29, 1.82) is 0 Å². The first-order chi connectivity index (χ1) is 7.36. The standard InChI is InChI=1S/C10H9F4NO/c1-15-5-9(16)6-2-3-8(11)7(4-6)10(12,13)14/h2-4,15H,5H2,1H3. The van der Waals surface area contributed by atoms with Gasteiger partial charge in [-0.1, -0.05) is 0 Å². The minimum Gasteiger partial charge on any atom is -0.313 e. The molecule has 0 radical (unpaired) electrons. The fourth-order valence-corrected chi connectivity index (χ4v) is 1.18. The van der Waals surface area contributed by atoms with Gasteiger partial charge >= 0.3 is 6.18 Å². The number of benzene rings is 1. The molecule has 0 saturated carbocycles. The number of nitrogens with one attached hydrogen (secondary N) is 1. The van der Waals surface area contributed by atoms with E-state index in [9.17, 15) is 22.4 Å². The summed E-state index contributed by atoms with van der Waals surface area (Å²) in [6.45, 7) is -0.0943. The van der Waals surface area contributed by atoms with E-state index in [0.717, 1.165) is 6.07 Å². The fourth-order valence-electron chi connectivity index (χ4n) is 1.18. The van der Waals surface area contributed by atoms with E-state index in [1.807, 2.05) is 0 Å². The normalized spacial score (nSPS) is 11.6. The van der Waals surface area contributed by atoms with Crippen LogP contribution in [-0.4, -0.2) is 19.4 Å². The molecule has 0 aliphatic rings. The second-order valence-corrected chi connectivity index (χ2v) is 3.15. The zero-order chi connectivity index (χ0) is 12.3. The van der Waals surface area contributed by atoms with E-state index in [-0.39, 0.29) is 12.1 Å². The van der Waals surface area contributed by atoms with Crippen LogP contribution in [0.3, 0.4) is 0 Å². The number of likely N-dealkylation sites (N-methyl/N-ethyl adjacent to an activating group) is 1. The predicted octanol–water partition coefficient (Wildman–Crippen LogP) is 2.25. The summed E-state index contributed by atoms with van der Waals surface area (Å²) in [5.74, 6) is -1.90. The van der Waals surface area contributed by atoms with Crippen LogP contribution in [0.2, 0.25) is 0 Å². The van der Waals surface area contributed by atoms with Crippen molar-refractivity contribution in [2.45, 2.75) is 6.18 Å². The summed E-state index contributed by atoms with van der Waals surface area (Å²) in [6, 6.07) is 2.20. The zero-order valence-electron chi connectivity index (χ0n) is 8.36. The van der Waals surface area contributed by atoms with E-state index >= 15 is 0 Å². The molecule has 2 nitrogen and oxygen atoms in total. The van der Waals surface area contributed by atoms with Gasteiger partial charge in [0.05, 0.1) is 12.1 Å². The molecule has 0 atom stereocenters. The number of Topliss-reactive ketones (excluding diaryl/α,β-unsaturated/α-hetero) is 1. The van der Waals surface area contributed by atoms with Gasteiger partial charge < -0.3 is 5.32 Å². The molecule has 0 aromatic heterocycles. The molecule has 1 aromatic rings. The summed E-state index contributed by atoms with van der Waals surface area (Å²) < 4.78 is 49.8. The molecule has 0 fully saturated rings. The lowest BCUT2D eigenvalue weighted by atomic mass is 10.1. The molecule has 0 amide bonds. The number of carbonyl (C=O) groups is 1. The predicted molar refractivity (Wildman–Crippen MR) is 49.7 cm³/mol. The Kier molecular flexibility index (Phi) is 3.64. The average molecular weight is 235 g/mol. The number of halogens is 4. The lowest BCUT2D eigenvalue weighted by Crippen LogP contribution is -2.19. The third kappa shape index (κ3) is 2.79. The SMILES string of the molecule is CNCC(=O)c1ccc(F)c(C(F)(F)F)c1. The van der Waals surface area contributed by atoms with Gasteiger partial charge in [0, 0.05) is 5.56 Å². The number of ketones is 1. The highest BCUT2D eigenvalue weighted by atomic mass is 19.4. The molecule has 0 unspecified atom stereocenters. The summed E-state index contributed by atoms with van der Waals surface area (Å²) >= 11 is 0. The van der Waals surface area contributed by atoms with Gasteiger partial charge in [0.25, 0.3) is 0 Å². The molecular formula is C10H9F4NO. The van der Waals surface area contributed by atoms with Crippen molar-refractivity contribution in [3.8, 4) is 0 Å². The Balaban J connectivity index is 3.13. The topological polar surface area (TPSA) is 29.1 Å². The number of hydrogen-bond acceptors (Lipinski definition) is 2. The first kappa shape index (κ1) is 12.6. The van der Waals surface area contributed by atoms with E-state index in [1.165, 1.54) is 7.05 Å². The van der Waals surface area contributed by atoms with E-state index in [4.69, 9.17) is 0 Å². The van der Waals surface area contributed by atoms with Gasteiger partial charge in [-0.3, -0.25) is 4.79 Å². The van der Waals surface area contributed by atoms with Crippen molar-refractivity contribution >= 4 is 5.78 Å². The summed E-state index contributed by atoms with van der Waals surface area (Å²) in [7, 11) is 1.49. The summed E-state index contributed by atoms with van der Waals surface area (Å²) in [6.07, 6.45) is -4.79. The third-order valence-electron chi connectivity index (χ3n) is 1.93. The Morgan fingerprint density at radius 1 is 1.38 bits per heavy atom. The van der Waals surface area contributed by atoms with Crippen molar-refractivity contribution in [2.75, 3.05) is 13.6 Å². The van der Waals surface area contributed by atoms with Crippen molar-refractivity contribution in [3.05, 3.63) is 35.1 Å². The minimum absolute atomic E-state index is 0.0943. The molecule has 88 valence electrons. The summed E-state index contributed by atoms with van der Waals surface area (Å²) in [4.78, 5) is 11.3. The quantitative estimate of drug-likeness (QED) is 0.643. The lowest BCUT2D eigenvalue weighted by Gasteiger charge is -2.09. The van der Waals surface area contributed by atoms with Crippen LogP contribution in [0.1, 0.15) is 15.9 Å². The molecule has 1 N–H and O–H groups in total. The average Bonchev–Trinajstić information content (AvgIpc) is 2.16. The molecule has 0 aliphatic carbocycles. The Morgan fingerprint density at radius 3 is 2.50 bits per heavy atom. The molecule has 0 spiro atoms. The second kappa shape index (κ2) is 4.61. The smallest absolute Gasteiger partial charge is 0.313 e. The van der Waals surface area contributed by atoms with Crippen molar-refractivity contribution < 1.29 is 22.4 Å². The molecule has 0 saturated heterocycles. The summed E-state index contributed by atoms with van der Waals surface area (Å²) in [5, 5.41) is 2.51. The van der Waals surface area contributed by atoms with E-state index < -0.39 is 23.3 Å². The molecule has 0 aliphatic heterocycles. The maximum absolute atomic E-state index is 12.9. The molecule has 1 aromatic carbocycles. The van der Waals surface area contributed by atoms with Gasteiger partial charge in [0.2, 0.25) is 0 Å². The first-order valence-corrected chi connectivity index (χ1v) is 4.41. The summed E-state index contributed by atoms with van der Waals surface area (Å²) in [5.41, 5.74) is -1.59. The highest BCUT2D eigenvalue weighted by Crippen LogP contribution is 2.31. The lowest BCUT2D eigenvalue weighted by molar-refractivity contribution is -0.140. The van der Waals surface area contributed by atoms with Crippen molar-refractivity contribution in [1.82, 2.24) is 5.32 Å². The maximum atomic E-state index is 12.9. The fraction of sp³-hybridized carbons (Fsp3) is 0.300. The molecule has 1 rings (SSSR count). The van der Waals surface area contributed by atoms with E-state index in [1.54, 1.807) is 0 Å². The zero-order valence-corrected chi connectivity index (χ0v) is 8.36. The number of carbonyl (C=O) groups excluding carboxylic acids is 1. The highest BCUT2D eigenvalue weighted by Gasteiger charge is 2.34. The molecule has 0 bridgehead atoms. The van der Waals surface area contributed by atoms with Crippen LogP contribution in [0.5, 0.6) is 0 Å². The van der Waals surface area contributed by atoms with Gasteiger partial charge in [-0.2, -0.15) is 13.2 Å². The largest absolute Gasteiger partial charge is 0.419 e. The number of rotatable bonds is 3. The van der Waals surface area contributed by atoms with Crippen molar-refractivity contribution in [2.24, 2.45) is 0 Å². The van der Waals surface area contributed by atoms with Crippen LogP contribution in [-0.2, 0) is 6.18 Å². The van der Waals surface area contributed by atoms with Crippen LogP contribution in [0.15, 0.2) is 18.2 Å². The molecular weight excluding hydrogens is 226 g/mol. The molecule has 0 heterocycles. The van der Waals surface area contributed by atoms with Crippen LogP contribution in [0, 0.1) is 5.82 Å². The van der Waals surface area contributed by atoms with Crippen molar-refractivity contribution in [3.63, 3.8) is 0 Å². The first-order valence-electron chi connectivity index (χ1n) is 4.41. The minimum atomic E-state index is -4.79. The van der Waals surface area contributed by atoms with Gasteiger partial charge in [-0.15, -0.1) is 0 Å². The van der Waals surface area contributed by atoms with Crippen LogP contribution in [0.25, 0.3) is 0 Å². The number of alkyl halides is 3. The Labute approximate surface area is 89.3 Å². The molecule has 6 heteroatoms. The highest BCUT2D eigenvalue weighted by molar-refractivity contribution is 5.97. The molecule has 16 heavy (non-hydrogen) atoms. The van der Waals surface area contributed by atoms with E-state index in [0.29, 0.717) is 12.1 Å². The monoisotopic (exact) mass is 235 g/mol. The Hall–Kier alpha value is -1.43. The van der Waals surface area contributed by atoms with Gasteiger partial charge in [-0.25, -0.2) is 4.39 Å². The number of hydrogen-bond donors (Lipinski definition) is 1. The van der Waals surface area contributed by atoms with Gasteiger partial charge in [-0.05, 0) is 25.2 Å². The Morgan fingerprint density at radius 2 is 2.00 bits per heavy atom. The van der Waals surface area contributed by atoms with Crippen LogP contribution in [0.4, 0.5) is 17.6 Å².